The van der Waals surface area contributed by atoms with E-state index in [2.05, 4.69) is 5.32 Å². The largest absolute Gasteiger partial charge is 1.00 e. The Morgan fingerprint density at radius 1 is 0.952 bits per heavy atom. The minimum atomic E-state index is -4.48. The summed E-state index contributed by atoms with van der Waals surface area (Å²) in [7, 11) is -4.48. The molecule has 8 heteroatoms. The number of nitrogens with one attached hydrogen (secondary N) is 1. The van der Waals surface area contributed by atoms with Crippen LogP contribution in [0.1, 0.15) is 58.3 Å². The van der Waals surface area contributed by atoms with Gasteiger partial charge < -0.3 is 14.7 Å². The van der Waals surface area contributed by atoms with Crippen LogP contribution >= 0.6 is 0 Å². The first-order valence-electron chi connectivity index (χ1n) is 7.01. The van der Waals surface area contributed by atoms with Gasteiger partial charge in [-0.05, 0) is 19.8 Å². The molecule has 6 nitrogen and oxygen atoms in total. The normalized spacial score (nSPS) is 10.8. The molecule has 1 amide bonds. The monoisotopic (exact) mass is 329 g/mol. The third-order valence-electron chi connectivity index (χ3n) is 2.84. The molecule has 1 N–H and O–H groups in total. The Balaban J connectivity index is 0. The molecule has 0 saturated carbocycles. The van der Waals surface area contributed by atoms with Gasteiger partial charge in [0.1, 0.15) is 21.7 Å². The van der Waals surface area contributed by atoms with Crippen molar-refractivity contribution >= 4 is 21.8 Å². The van der Waals surface area contributed by atoms with Crippen LogP contribution in [0.25, 0.3) is 0 Å². The Kier molecular flexibility index (Phi) is 15.2. The molecule has 0 bridgehead atoms. The number of ketones is 1. The number of hydrogen-bond acceptors (Lipinski definition) is 5. The predicted octanol–water partition coefficient (Wildman–Crippen LogP) is -1.64. The molecular weight excluding hydrogens is 305 g/mol. The Hall–Kier alpha value is 0.0500. The quantitative estimate of drug-likeness (QED) is 0.263. The second kappa shape index (κ2) is 13.7. The fourth-order valence-corrected chi connectivity index (χ4v) is 2.25. The van der Waals surface area contributed by atoms with Gasteiger partial charge in [-0.15, -0.1) is 0 Å². The van der Waals surface area contributed by atoms with Gasteiger partial charge in [0.2, 0.25) is 5.91 Å². The molecule has 0 rings (SSSR count). The zero-order valence-corrected chi connectivity index (χ0v) is 15.8. The topological polar surface area (TPSA) is 103 Å². The minimum Gasteiger partial charge on any atom is -0.748 e. The maximum Gasteiger partial charge on any atom is 1.00 e. The summed E-state index contributed by atoms with van der Waals surface area (Å²) < 4.78 is 30.9. The van der Waals surface area contributed by atoms with Crippen LogP contribution < -0.4 is 34.9 Å². The van der Waals surface area contributed by atoms with E-state index in [-0.39, 0.29) is 35.3 Å². The second-order valence-electron chi connectivity index (χ2n) is 4.98. The number of carbonyl (C=O) groups excluding carboxylic acids is 2. The molecule has 21 heavy (non-hydrogen) atoms. The molecule has 0 spiro atoms. The van der Waals surface area contributed by atoms with E-state index in [1.165, 1.54) is 0 Å². The van der Waals surface area contributed by atoms with Crippen LogP contribution in [-0.2, 0) is 19.7 Å². The van der Waals surface area contributed by atoms with Crippen LogP contribution in [0.3, 0.4) is 0 Å². The van der Waals surface area contributed by atoms with E-state index in [1.54, 1.807) is 6.92 Å². The number of Topliss-reactive ketones (excluding diaryl/α,β-unsaturated/α-hetero) is 1. The minimum absolute atomic E-state index is 0. The summed E-state index contributed by atoms with van der Waals surface area (Å²) in [5.74, 6) is -1.48. The first kappa shape index (κ1) is 23.3. The molecule has 0 saturated heterocycles. The first-order valence-corrected chi connectivity index (χ1v) is 8.58. The van der Waals surface area contributed by atoms with E-state index in [0.717, 1.165) is 44.9 Å². The van der Waals surface area contributed by atoms with Crippen molar-refractivity contribution < 1.29 is 52.1 Å². The fraction of sp³-hybridized carbons (Fsp3) is 0.846. The van der Waals surface area contributed by atoms with Gasteiger partial charge in [-0.3, -0.25) is 4.79 Å². The summed E-state index contributed by atoms with van der Waals surface area (Å²) >= 11 is 0. The van der Waals surface area contributed by atoms with Gasteiger partial charge in [0.25, 0.3) is 0 Å². The summed E-state index contributed by atoms with van der Waals surface area (Å²) in [6, 6.07) is 0. The van der Waals surface area contributed by atoms with Crippen LogP contribution in [0.15, 0.2) is 0 Å². The van der Waals surface area contributed by atoms with Crippen molar-refractivity contribution in [3.63, 3.8) is 0 Å². The Bertz CT molecular complexity index is 397. The van der Waals surface area contributed by atoms with Crippen LogP contribution in [-0.4, -0.2) is 37.0 Å². The van der Waals surface area contributed by atoms with Crippen molar-refractivity contribution in [2.24, 2.45) is 0 Å². The maximum atomic E-state index is 11.0. The molecule has 0 aliphatic carbocycles. The Morgan fingerprint density at radius 3 is 1.90 bits per heavy atom. The van der Waals surface area contributed by atoms with Gasteiger partial charge in [-0.2, -0.15) is 0 Å². The number of rotatable bonds is 12. The van der Waals surface area contributed by atoms with Gasteiger partial charge in [-0.1, -0.05) is 32.1 Å². The number of amides is 1. The van der Waals surface area contributed by atoms with Crippen molar-refractivity contribution in [3.05, 3.63) is 0 Å². The zero-order valence-electron chi connectivity index (χ0n) is 13.0. The van der Waals surface area contributed by atoms with Crippen LogP contribution in [0.4, 0.5) is 0 Å². The van der Waals surface area contributed by atoms with Gasteiger partial charge in [-0.25, -0.2) is 8.42 Å². The molecule has 0 aliphatic heterocycles. The summed E-state index contributed by atoms with van der Waals surface area (Å²) in [5, 5.41) is 2.41. The van der Waals surface area contributed by atoms with Gasteiger partial charge in [0, 0.05) is 13.0 Å². The van der Waals surface area contributed by atoms with E-state index in [1.807, 2.05) is 0 Å². The summed E-state index contributed by atoms with van der Waals surface area (Å²) in [5.41, 5.74) is 0. The van der Waals surface area contributed by atoms with Gasteiger partial charge in [0.15, 0.2) is 0 Å². The summed E-state index contributed by atoms with van der Waals surface area (Å²) in [6.45, 7) is 2.01. The SMILES string of the molecule is CC(=O)CCCCCCCCCNC(=O)CS(=O)(=O)[O-].[Na+]. The van der Waals surface area contributed by atoms with Crippen molar-refractivity contribution in [1.29, 1.82) is 0 Å². The van der Waals surface area contributed by atoms with Crippen LogP contribution in [0, 0.1) is 0 Å². The smallest absolute Gasteiger partial charge is 0.748 e. The molecule has 0 atom stereocenters. The first-order chi connectivity index (χ1) is 9.31. The van der Waals surface area contributed by atoms with Crippen LogP contribution in [0.2, 0.25) is 0 Å². The third kappa shape index (κ3) is 20.1. The predicted molar refractivity (Wildman–Crippen MR) is 75.2 cm³/mol. The van der Waals surface area contributed by atoms with Crippen LogP contribution in [0.5, 0.6) is 0 Å². The molecule has 0 aromatic carbocycles. The van der Waals surface area contributed by atoms with Crippen molar-refractivity contribution in [2.45, 2.75) is 58.3 Å². The summed E-state index contributed by atoms with van der Waals surface area (Å²) in [4.78, 5) is 21.7. The molecule has 0 aliphatic rings. The maximum absolute atomic E-state index is 11.0. The molecule has 0 aromatic heterocycles. The molecule has 118 valence electrons. The van der Waals surface area contributed by atoms with Crippen molar-refractivity contribution in [3.8, 4) is 0 Å². The molecule has 0 heterocycles. The average Bonchev–Trinajstić information content (AvgIpc) is 2.28. The van der Waals surface area contributed by atoms with E-state index in [0.29, 0.717) is 13.0 Å². The summed E-state index contributed by atoms with van der Waals surface area (Å²) in [6.07, 6.45) is 7.67. The van der Waals surface area contributed by atoms with E-state index < -0.39 is 21.8 Å². The van der Waals surface area contributed by atoms with E-state index in [4.69, 9.17) is 0 Å². The zero-order chi connectivity index (χ0) is 15.4. The van der Waals surface area contributed by atoms with E-state index in [9.17, 15) is 22.6 Å². The third-order valence-corrected chi connectivity index (χ3v) is 3.45. The average molecular weight is 329 g/mol. The Morgan fingerprint density at radius 2 is 1.43 bits per heavy atom. The molecule has 0 aromatic rings. The molecule has 0 unspecified atom stereocenters. The second-order valence-corrected chi connectivity index (χ2v) is 6.38. The van der Waals surface area contributed by atoms with Gasteiger partial charge in [0.05, 0.1) is 0 Å². The number of unbranched alkanes of at least 4 members (excludes halogenated alkanes) is 6. The van der Waals surface area contributed by atoms with Crippen molar-refractivity contribution in [2.75, 3.05) is 12.3 Å². The fourth-order valence-electron chi connectivity index (χ4n) is 1.82. The Labute approximate surface area is 149 Å². The number of carbonyl (C=O) groups is 2. The standard InChI is InChI=1S/C13H25NO5S.Na/c1-12(15)9-7-5-3-2-4-6-8-10-14-13(16)11-20(17,18)19;/h2-11H2,1H3,(H,14,16)(H,17,18,19);/q;+1/p-1. The number of hydrogen-bond donors (Lipinski definition) is 1. The molecule has 0 fully saturated rings. The van der Waals surface area contributed by atoms with Crippen molar-refractivity contribution in [1.82, 2.24) is 5.32 Å². The van der Waals surface area contributed by atoms with Gasteiger partial charge >= 0.3 is 29.6 Å². The van der Waals surface area contributed by atoms with E-state index >= 15 is 0 Å². The molecular formula is C13H24NNaO5S. The molecule has 0 radical (unpaired) electrons.